The molecule has 0 aliphatic heterocycles. The van der Waals surface area contributed by atoms with Crippen LogP contribution in [0.25, 0.3) is 121 Å². The van der Waals surface area contributed by atoms with Crippen LogP contribution in [-0.2, 0) is 16.2 Å². The number of fused-ring (bicyclic) bond motifs is 19. The first-order valence-corrected chi connectivity index (χ1v) is 29.9. The second kappa shape index (κ2) is 16.2. The van der Waals surface area contributed by atoms with Crippen LogP contribution in [0.5, 0.6) is 0 Å². The molecule has 2 saturated carbocycles. The average molecular weight is 1020 g/mol. The van der Waals surface area contributed by atoms with Gasteiger partial charge in [-0.15, -0.1) is 0 Å². The van der Waals surface area contributed by atoms with Gasteiger partial charge in [-0.25, -0.2) is 0 Å². The molecule has 0 amide bonds. The second-order valence-corrected chi connectivity index (χ2v) is 26.3. The van der Waals surface area contributed by atoms with Gasteiger partial charge in [0.05, 0.1) is 0 Å². The Kier molecular flexibility index (Phi) is 9.50. The lowest BCUT2D eigenvalue weighted by molar-refractivity contribution is 0.442. The Hall–Kier alpha value is -7.68. The zero-order chi connectivity index (χ0) is 52.8. The summed E-state index contributed by atoms with van der Waals surface area (Å²) in [5.74, 6) is 1.16. The third-order valence-electron chi connectivity index (χ3n) is 21.0. The van der Waals surface area contributed by atoms with Crippen molar-refractivity contribution in [3.8, 4) is 55.6 Å². The van der Waals surface area contributed by atoms with Crippen LogP contribution in [0.3, 0.4) is 0 Å². The summed E-state index contributed by atoms with van der Waals surface area (Å²) in [4.78, 5) is 0. The Morgan fingerprint density at radius 1 is 0.304 bits per heavy atom. The number of hydrogen-bond acceptors (Lipinski definition) is 2. The van der Waals surface area contributed by atoms with Gasteiger partial charge in [0.1, 0.15) is 22.3 Å². The van der Waals surface area contributed by atoms with E-state index in [1.165, 1.54) is 207 Å². The van der Waals surface area contributed by atoms with Crippen molar-refractivity contribution in [3.05, 3.63) is 202 Å². The van der Waals surface area contributed by atoms with Crippen molar-refractivity contribution < 1.29 is 8.83 Å². The molecule has 2 aromatic heterocycles. The zero-order valence-electron chi connectivity index (χ0n) is 46.6. The zero-order valence-corrected chi connectivity index (χ0v) is 46.6. The Morgan fingerprint density at radius 2 is 0.658 bits per heavy atom. The molecule has 2 heteroatoms. The lowest BCUT2D eigenvalue weighted by Gasteiger charge is -2.25. The van der Waals surface area contributed by atoms with Gasteiger partial charge in [-0.2, -0.15) is 0 Å². The summed E-state index contributed by atoms with van der Waals surface area (Å²) < 4.78 is 13.9. The van der Waals surface area contributed by atoms with Gasteiger partial charge < -0.3 is 8.83 Å². The fraction of sp³-hybridized carbons (Fsp3) is 0.273. The Bertz CT molecular complexity index is 4350. The highest BCUT2D eigenvalue weighted by Crippen LogP contribution is 2.62. The van der Waals surface area contributed by atoms with Crippen molar-refractivity contribution in [3.63, 3.8) is 0 Å². The third-order valence-corrected chi connectivity index (χ3v) is 21.0. The molecule has 2 nitrogen and oxygen atoms in total. The molecule has 2 heterocycles. The number of benzene rings is 10. The molecule has 386 valence electrons. The molecule has 0 N–H and O–H groups in total. The largest absolute Gasteiger partial charge is 0.456 e. The van der Waals surface area contributed by atoms with Crippen LogP contribution in [0.4, 0.5) is 0 Å². The van der Waals surface area contributed by atoms with E-state index in [0.717, 1.165) is 22.3 Å². The minimum atomic E-state index is -0.228. The normalized spacial score (nSPS) is 17.9. The molecule has 5 aliphatic rings. The van der Waals surface area contributed by atoms with Crippen LogP contribution in [0.2, 0.25) is 0 Å². The molecule has 0 saturated heterocycles. The summed E-state index contributed by atoms with van der Waals surface area (Å²) >= 11 is 0. The van der Waals surface area contributed by atoms with E-state index in [9.17, 15) is 0 Å². The van der Waals surface area contributed by atoms with Crippen LogP contribution < -0.4 is 0 Å². The Labute approximate surface area is 463 Å². The molecule has 10 aromatic carbocycles. The van der Waals surface area contributed by atoms with Crippen molar-refractivity contribution in [1.29, 1.82) is 0 Å². The van der Waals surface area contributed by atoms with Crippen LogP contribution in [0.15, 0.2) is 167 Å². The predicted octanol–water partition coefficient (Wildman–Crippen LogP) is 22.1. The van der Waals surface area contributed by atoms with Crippen molar-refractivity contribution in [1.82, 2.24) is 0 Å². The number of rotatable bonds is 4. The molecule has 0 spiro atoms. The second-order valence-electron chi connectivity index (χ2n) is 26.3. The summed E-state index contributed by atoms with van der Waals surface area (Å²) in [7, 11) is 0. The van der Waals surface area contributed by atoms with E-state index >= 15 is 0 Å². The molecular formula is C77H66O2. The van der Waals surface area contributed by atoms with Crippen molar-refractivity contribution in [2.75, 3.05) is 0 Å². The molecule has 2 fully saturated rings. The van der Waals surface area contributed by atoms with Gasteiger partial charge in [-0.3, -0.25) is 0 Å². The highest BCUT2D eigenvalue weighted by molar-refractivity contribution is 6.14. The van der Waals surface area contributed by atoms with Gasteiger partial charge in [0.15, 0.2) is 0 Å². The predicted molar refractivity (Wildman–Crippen MR) is 331 cm³/mol. The maximum atomic E-state index is 6.93. The standard InChI is InChI=1S/C77H66O2/c1-75(2)63-41-61-65(76(3,4)67-37-57(49-23-13-15-25-53(49)71(61)67)45-31-33-51-55-29-17-27-47(43-19-9-7-10-20-43)73(55)78-69(51)35-45)39-59(63)60-40-66-62(42-64(60)75)72-54-26-16-14-24-50(54)58(38-68(72)77(66,5)6)46-32-34-52-56-30-18-28-48(44-21-11-8-12-22-44)74(56)79-70(52)36-46/h13-18,23-44H,7-12,19-22H2,1-6H3. The molecule has 5 aliphatic carbocycles. The van der Waals surface area contributed by atoms with E-state index in [4.69, 9.17) is 8.83 Å². The van der Waals surface area contributed by atoms with E-state index in [1.807, 2.05) is 0 Å². The fourth-order valence-electron chi connectivity index (χ4n) is 16.8. The van der Waals surface area contributed by atoms with E-state index in [0.29, 0.717) is 11.8 Å². The summed E-state index contributed by atoms with van der Waals surface area (Å²) in [6.45, 7) is 14.8. The van der Waals surface area contributed by atoms with Crippen LogP contribution in [-0.4, -0.2) is 0 Å². The summed E-state index contributed by atoms with van der Waals surface area (Å²) in [6, 6.07) is 61.5. The maximum Gasteiger partial charge on any atom is 0.138 e. The monoisotopic (exact) mass is 1020 g/mol. The molecule has 0 unspecified atom stereocenters. The third kappa shape index (κ3) is 6.30. The van der Waals surface area contributed by atoms with Crippen LogP contribution >= 0.6 is 0 Å². The van der Waals surface area contributed by atoms with Gasteiger partial charge in [-0.05, 0) is 220 Å². The number of para-hydroxylation sites is 2. The maximum absolute atomic E-state index is 6.93. The smallest absolute Gasteiger partial charge is 0.138 e. The van der Waals surface area contributed by atoms with Gasteiger partial charge >= 0.3 is 0 Å². The highest BCUT2D eigenvalue weighted by atomic mass is 16.3. The number of hydrogen-bond donors (Lipinski definition) is 0. The first-order valence-electron chi connectivity index (χ1n) is 29.9. The van der Waals surface area contributed by atoms with Crippen LogP contribution in [0, 0.1) is 0 Å². The first-order chi connectivity index (χ1) is 38.4. The molecule has 0 radical (unpaired) electrons. The van der Waals surface area contributed by atoms with Crippen LogP contribution in [0.1, 0.15) is 162 Å². The molecular weight excluding hydrogens is 957 g/mol. The molecule has 0 bridgehead atoms. The highest BCUT2D eigenvalue weighted by Gasteiger charge is 2.46. The average Bonchev–Trinajstić information content (AvgIpc) is 4.21. The summed E-state index contributed by atoms with van der Waals surface area (Å²) in [5, 5.41) is 10.1. The SMILES string of the molecule is CC1(C)c2cc3c(cc2-c2cc4c(cc21)-c1c(cc(-c2ccc5c(c2)oc2c(C6CCCCC6)cccc25)c2ccccc12)C4(C)C)C(C)(C)c1cc(-c2ccc4c(c2)oc2c(C5CCCCC5)cccc24)c2ccccc2c1-3. The Balaban J connectivity index is 0.775. The first kappa shape index (κ1) is 46.3. The van der Waals surface area contributed by atoms with Crippen molar-refractivity contribution >= 4 is 65.4 Å². The van der Waals surface area contributed by atoms with E-state index in [2.05, 4.69) is 199 Å². The topological polar surface area (TPSA) is 26.3 Å². The molecule has 17 rings (SSSR count). The lowest BCUT2D eigenvalue weighted by atomic mass is 9.78. The molecule has 79 heavy (non-hydrogen) atoms. The molecule has 12 aromatic rings. The number of furan rings is 2. The van der Waals surface area contributed by atoms with Crippen molar-refractivity contribution in [2.24, 2.45) is 0 Å². The van der Waals surface area contributed by atoms with Gasteiger partial charge in [0.2, 0.25) is 0 Å². The van der Waals surface area contributed by atoms with Gasteiger partial charge in [-0.1, -0.05) is 177 Å². The Morgan fingerprint density at radius 3 is 1.09 bits per heavy atom. The summed E-state index contributed by atoms with van der Waals surface area (Å²) in [5.41, 5.74) is 28.0. The summed E-state index contributed by atoms with van der Waals surface area (Å²) in [6.07, 6.45) is 13.0. The minimum Gasteiger partial charge on any atom is -0.456 e. The lowest BCUT2D eigenvalue weighted by Crippen LogP contribution is -2.17. The van der Waals surface area contributed by atoms with E-state index < -0.39 is 0 Å². The van der Waals surface area contributed by atoms with E-state index in [1.54, 1.807) is 0 Å². The van der Waals surface area contributed by atoms with Crippen molar-refractivity contribution in [2.45, 2.75) is 134 Å². The van der Waals surface area contributed by atoms with Gasteiger partial charge in [0.25, 0.3) is 0 Å². The van der Waals surface area contributed by atoms with E-state index in [-0.39, 0.29) is 16.2 Å². The fourth-order valence-corrected chi connectivity index (χ4v) is 16.8. The van der Waals surface area contributed by atoms with Gasteiger partial charge in [0, 0.05) is 37.8 Å². The minimum absolute atomic E-state index is 0.211. The quantitative estimate of drug-likeness (QED) is 0.176. The molecule has 0 atom stereocenters.